The van der Waals surface area contributed by atoms with Crippen molar-refractivity contribution in [2.75, 3.05) is 19.6 Å². The third-order valence-electron chi connectivity index (χ3n) is 4.76. The van der Waals surface area contributed by atoms with Crippen LogP contribution in [0.1, 0.15) is 44.1 Å². The van der Waals surface area contributed by atoms with Crippen molar-refractivity contribution in [1.82, 2.24) is 14.8 Å². The maximum atomic E-state index is 12.2. The lowest BCUT2D eigenvalue weighted by Gasteiger charge is -2.38. The Morgan fingerprint density at radius 3 is 2.57 bits per heavy atom. The van der Waals surface area contributed by atoms with Crippen molar-refractivity contribution in [1.29, 1.82) is 0 Å². The van der Waals surface area contributed by atoms with Crippen LogP contribution in [0.5, 0.6) is 0 Å². The smallest absolute Gasteiger partial charge is 0.222 e. The average molecular weight is 287 g/mol. The monoisotopic (exact) mass is 287 g/mol. The van der Waals surface area contributed by atoms with E-state index in [2.05, 4.69) is 26.9 Å². The molecule has 2 fully saturated rings. The van der Waals surface area contributed by atoms with Crippen molar-refractivity contribution in [3.05, 3.63) is 30.1 Å². The number of carbonyl (C=O) groups excluding carboxylic acids is 1. The SMILES string of the molecule is O=C1CCCCCN1C1CCN(Cc2ccncc2)CC1. The largest absolute Gasteiger partial charge is 0.340 e. The number of pyridine rings is 1. The Kier molecular flexibility index (Phi) is 4.86. The van der Waals surface area contributed by atoms with E-state index < -0.39 is 0 Å². The van der Waals surface area contributed by atoms with Crippen LogP contribution < -0.4 is 0 Å². The van der Waals surface area contributed by atoms with Gasteiger partial charge in [0.1, 0.15) is 0 Å². The molecule has 1 amide bonds. The van der Waals surface area contributed by atoms with Crippen LogP contribution in [-0.4, -0.2) is 46.4 Å². The molecule has 3 heterocycles. The van der Waals surface area contributed by atoms with Gasteiger partial charge in [-0.3, -0.25) is 14.7 Å². The maximum Gasteiger partial charge on any atom is 0.222 e. The zero-order chi connectivity index (χ0) is 14.5. The van der Waals surface area contributed by atoms with Crippen LogP contribution in [0, 0.1) is 0 Å². The summed E-state index contributed by atoms with van der Waals surface area (Å²) >= 11 is 0. The highest BCUT2D eigenvalue weighted by Gasteiger charge is 2.28. The molecular formula is C17H25N3O. The van der Waals surface area contributed by atoms with Gasteiger partial charge in [0.15, 0.2) is 0 Å². The number of aromatic nitrogens is 1. The topological polar surface area (TPSA) is 36.4 Å². The molecule has 3 rings (SSSR count). The molecule has 0 atom stereocenters. The molecule has 0 bridgehead atoms. The average Bonchev–Trinajstić information content (AvgIpc) is 2.74. The summed E-state index contributed by atoms with van der Waals surface area (Å²) in [7, 11) is 0. The number of carbonyl (C=O) groups is 1. The van der Waals surface area contributed by atoms with E-state index in [0.29, 0.717) is 11.9 Å². The number of hydrogen-bond acceptors (Lipinski definition) is 3. The van der Waals surface area contributed by atoms with Crippen molar-refractivity contribution < 1.29 is 4.79 Å². The molecule has 0 unspecified atom stereocenters. The lowest BCUT2D eigenvalue weighted by atomic mass is 10.0. The normalized spacial score (nSPS) is 22.3. The van der Waals surface area contributed by atoms with Gasteiger partial charge >= 0.3 is 0 Å². The minimum atomic E-state index is 0.389. The van der Waals surface area contributed by atoms with Crippen molar-refractivity contribution >= 4 is 5.91 Å². The van der Waals surface area contributed by atoms with Crippen LogP contribution in [-0.2, 0) is 11.3 Å². The quantitative estimate of drug-likeness (QED) is 0.857. The Balaban J connectivity index is 1.51. The summed E-state index contributed by atoms with van der Waals surface area (Å²) in [4.78, 5) is 20.9. The van der Waals surface area contributed by atoms with E-state index in [4.69, 9.17) is 0 Å². The minimum absolute atomic E-state index is 0.389. The second kappa shape index (κ2) is 7.03. The van der Waals surface area contributed by atoms with E-state index in [1.165, 1.54) is 18.4 Å². The standard InChI is InChI=1S/C17H25N3O/c21-17-4-2-1-3-11-20(17)16-7-12-19(13-8-16)14-15-5-9-18-10-6-15/h5-6,9-10,16H,1-4,7-8,11-14H2. The molecule has 1 aromatic heterocycles. The third kappa shape index (κ3) is 3.82. The first-order chi connectivity index (χ1) is 10.3. The first kappa shape index (κ1) is 14.5. The number of hydrogen-bond donors (Lipinski definition) is 0. The lowest BCUT2D eigenvalue weighted by Crippen LogP contribution is -2.47. The molecule has 0 spiro atoms. The fourth-order valence-electron chi connectivity index (χ4n) is 3.53. The number of piperidine rings is 1. The molecule has 21 heavy (non-hydrogen) atoms. The Morgan fingerprint density at radius 2 is 1.81 bits per heavy atom. The number of nitrogens with zero attached hydrogens (tertiary/aromatic N) is 3. The fraction of sp³-hybridized carbons (Fsp3) is 0.647. The van der Waals surface area contributed by atoms with Gasteiger partial charge < -0.3 is 4.90 Å². The van der Waals surface area contributed by atoms with Gasteiger partial charge in [-0.2, -0.15) is 0 Å². The molecule has 114 valence electrons. The van der Waals surface area contributed by atoms with Gasteiger partial charge in [-0.05, 0) is 43.4 Å². The molecule has 4 heteroatoms. The number of amides is 1. The molecule has 2 saturated heterocycles. The van der Waals surface area contributed by atoms with Crippen LogP contribution in [0.15, 0.2) is 24.5 Å². The Morgan fingerprint density at radius 1 is 1.05 bits per heavy atom. The van der Waals surface area contributed by atoms with Crippen LogP contribution >= 0.6 is 0 Å². The molecule has 0 aromatic carbocycles. The van der Waals surface area contributed by atoms with E-state index in [1.807, 2.05) is 12.4 Å². The minimum Gasteiger partial charge on any atom is -0.340 e. The zero-order valence-electron chi connectivity index (χ0n) is 12.7. The molecule has 0 radical (unpaired) electrons. The van der Waals surface area contributed by atoms with Crippen LogP contribution in [0.4, 0.5) is 0 Å². The van der Waals surface area contributed by atoms with Crippen molar-refractivity contribution in [3.63, 3.8) is 0 Å². The first-order valence-electron chi connectivity index (χ1n) is 8.23. The predicted molar refractivity (Wildman–Crippen MR) is 82.7 cm³/mol. The predicted octanol–water partition coefficient (Wildman–Crippen LogP) is 2.45. The highest BCUT2D eigenvalue weighted by molar-refractivity contribution is 5.76. The summed E-state index contributed by atoms with van der Waals surface area (Å²) in [5.41, 5.74) is 1.33. The lowest BCUT2D eigenvalue weighted by molar-refractivity contribution is -0.133. The Hall–Kier alpha value is -1.42. The molecule has 2 aliphatic rings. The van der Waals surface area contributed by atoms with Gasteiger partial charge in [0.2, 0.25) is 5.91 Å². The summed E-state index contributed by atoms with van der Waals surface area (Å²) < 4.78 is 0. The van der Waals surface area contributed by atoms with E-state index in [9.17, 15) is 4.79 Å². The van der Waals surface area contributed by atoms with Crippen LogP contribution in [0.25, 0.3) is 0 Å². The van der Waals surface area contributed by atoms with Gasteiger partial charge in [0.25, 0.3) is 0 Å². The van der Waals surface area contributed by atoms with E-state index in [0.717, 1.165) is 51.9 Å². The summed E-state index contributed by atoms with van der Waals surface area (Å²) in [6, 6.07) is 4.65. The van der Waals surface area contributed by atoms with Crippen LogP contribution in [0.3, 0.4) is 0 Å². The highest BCUT2D eigenvalue weighted by atomic mass is 16.2. The Labute approximate surface area is 127 Å². The van der Waals surface area contributed by atoms with Gasteiger partial charge in [-0.25, -0.2) is 0 Å². The zero-order valence-corrected chi connectivity index (χ0v) is 12.7. The molecule has 0 aliphatic carbocycles. The van der Waals surface area contributed by atoms with Crippen molar-refractivity contribution in [2.45, 2.75) is 51.1 Å². The molecule has 0 saturated carbocycles. The van der Waals surface area contributed by atoms with E-state index in [-0.39, 0.29) is 0 Å². The van der Waals surface area contributed by atoms with Gasteiger partial charge in [-0.1, -0.05) is 6.42 Å². The molecule has 2 aliphatic heterocycles. The highest BCUT2D eigenvalue weighted by Crippen LogP contribution is 2.22. The second-order valence-electron chi connectivity index (χ2n) is 6.26. The first-order valence-corrected chi connectivity index (χ1v) is 8.23. The van der Waals surface area contributed by atoms with Gasteiger partial charge in [0, 0.05) is 51.0 Å². The van der Waals surface area contributed by atoms with Gasteiger partial charge in [-0.15, -0.1) is 0 Å². The molecule has 1 aromatic rings. The van der Waals surface area contributed by atoms with Crippen LogP contribution in [0.2, 0.25) is 0 Å². The van der Waals surface area contributed by atoms with Crippen molar-refractivity contribution in [3.8, 4) is 0 Å². The molecule has 4 nitrogen and oxygen atoms in total. The summed E-state index contributed by atoms with van der Waals surface area (Å²) in [5.74, 6) is 0.389. The van der Waals surface area contributed by atoms with Gasteiger partial charge in [0.05, 0.1) is 0 Å². The summed E-state index contributed by atoms with van der Waals surface area (Å²) in [6.45, 7) is 4.17. The summed E-state index contributed by atoms with van der Waals surface area (Å²) in [5, 5.41) is 0. The van der Waals surface area contributed by atoms with E-state index in [1.54, 1.807) is 0 Å². The number of rotatable bonds is 3. The summed E-state index contributed by atoms with van der Waals surface area (Å²) in [6.07, 6.45) is 10.2. The number of likely N-dealkylation sites (tertiary alicyclic amines) is 2. The molecule has 0 N–H and O–H groups in total. The van der Waals surface area contributed by atoms with E-state index >= 15 is 0 Å². The Bertz CT molecular complexity index is 454. The second-order valence-corrected chi connectivity index (χ2v) is 6.26. The fourth-order valence-corrected chi connectivity index (χ4v) is 3.53. The molecular weight excluding hydrogens is 262 g/mol. The third-order valence-corrected chi connectivity index (χ3v) is 4.76. The van der Waals surface area contributed by atoms with Crippen molar-refractivity contribution in [2.24, 2.45) is 0 Å². The maximum absolute atomic E-state index is 12.2.